The van der Waals surface area contributed by atoms with Crippen molar-refractivity contribution in [3.63, 3.8) is 0 Å². The molecule has 0 bridgehead atoms. The second kappa shape index (κ2) is 6.53. The van der Waals surface area contributed by atoms with Gasteiger partial charge < -0.3 is 10.4 Å². The van der Waals surface area contributed by atoms with Crippen molar-refractivity contribution in [1.29, 1.82) is 0 Å². The first-order valence-corrected chi connectivity index (χ1v) is 7.06. The summed E-state index contributed by atoms with van der Waals surface area (Å²) in [5.74, 6) is 0.425. The highest BCUT2D eigenvalue weighted by atomic mass is 16.3. The fourth-order valence-electron chi connectivity index (χ4n) is 2.29. The van der Waals surface area contributed by atoms with E-state index in [4.69, 9.17) is 0 Å². The summed E-state index contributed by atoms with van der Waals surface area (Å²) < 4.78 is 0. The third kappa shape index (κ3) is 4.25. The van der Waals surface area contributed by atoms with Gasteiger partial charge in [0.25, 0.3) is 0 Å². The summed E-state index contributed by atoms with van der Waals surface area (Å²) >= 11 is 0. The molecule has 1 rings (SSSR count). The molecule has 4 nitrogen and oxygen atoms in total. The Morgan fingerprint density at radius 3 is 2.78 bits per heavy atom. The summed E-state index contributed by atoms with van der Waals surface area (Å²) in [7, 11) is 0. The molecule has 0 saturated carbocycles. The summed E-state index contributed by atoms with van der Waals surface area (Å²) in [6, 6.07) is -0.106. The van der Waals surface area contributed by atoms with Crippen LogP contribution in [0.3, 0.4) is 0 Å². The van der Waals surface area contributed by atoms with E-state index in [0.717, 1.165) is 32.4 Å². The largest absolute Gasteiger partial charge is 0.396 e. The molecule has 2 N–H and O–H groups in total. The van der Waals surface area contributed by atoms with Crippen LogP contribution in [0.4, 0.5) is 0 Å². The number of nitrogens with one attached hydrogen (secondary N) is 1. The Balaban J connectivity index is 2.52. The van der Waals surface area contributed by atoms with Crippen molar-refractivity contribution in [3.8, 4) is 0 Å². The Hall–Kier alpha value is -0.610. The fourth-order valence-corrected chi connectivity index (χ4v) is 2.29. The molecule has 0 spiro atoms. The van der Waals surface area contributed by atoms with Crippen LogP contribution in [0, 0.1) is 5.92 Å². The number of nitrogens with zero attached hydrogens (tertiary/aromatic N) is 1. The second-order valence-electron chi connectivity index (χ2n) is 6.09. The topological polar surface area (TPSA) is 52.6 Å². The minimum Gasteiger partial charge on any atom is -0.396 e. The van der Waals surface area contributed by atoms with Crippen LogP contribution >= 0.6 is 0 Å². The van der Waals surface area contributed by atoms with E-state index in [1.807, 2.05) is 20.8 Å². The maximum absolute atomic E-state index is 12.2. The quantitative estimate of drug-likeness (QED) is 0.781. The van der Waals surface area contributed by atoms with E-state index >= 15 is 0 Å². The number of aliphatic hydroxyl groups excluding tert-OH is 1. The first-order chi connectivity index (χ1) is 8.39. The van der Waals surface area contributed by atoms with E-state index in [1.165, 1.54) is 0 Å². The molecule has 1 saturated heterocycles. The van der Waals surface area contributed by atoms with Crippen LogP contribution in [0.15, 0.2) is 0 Å². The lowest BCUT2D eigenvalue weighted by Gasteiger charge is -2.37. The second-order valence-corrected chi connectivity index (χ2v) is 6.09. The number of carbonyl (C=O) groups excluding carboxylic acids is 1. The molecule has 0 aromatic heterocycles. The van der Waals surface area contributed by atoms with Gasteiger partial charge in [0.15, 0.2) is 0 Å². The van der Waals surface area contributed by atoms with E-state index in [2.05, 4.69) is 17.1 Å². The third-order valence-corrected chi connectivity index (χ3v) is 4.08. The van der Waals surface area contributed by atoms with Gasteiger partial charge in [-0.3, -0.25) is 9.69 Å². The number of hydrogen-bond acceptors (Lipinski definition) is 3. The molecule has 1 heterocycles. The number of amides is 1. The Labute approximate surface area is 111 Å². The van der Waals surface area contributed by atoms with Gasteiger partial charge in [-0.05, 0) is 52.5 Å². The highest BCUT2D eigenvalue weighted by Gasteiger charge is 2.29. The zero-order valence-corrected chi connectivity index (χ0v) is 12.2. The normalized spacial score (nSPS) is 23.7. The predicted molar refractivity (Wildman–Crippen MR) is 73.4 cm³/mol. The van der Waals surface area contributed by atoms with Gasteiger partial charge in [0, 0.05) is 18.7 Å². The number of carbonyl (C=O) groups is 1. The van der Waals surface area contributed by atoms with Crippen LogP contribution in [0.1, 0.15) is 47.0 Å². The molecule has 1 aliphatic rings. The van der Waals surface area contributed by atoms with Gasteiger partial charge in [0.05, 0.1) is 6.04 Å². The number of likely N-dealkylation sites (tertiary alicyclic amines) is 1. The van der Waals surface area contributed by atoms with E-state index < -0.39 is 0 Å². The van der Waals surface area contributed by atoms with Crippen LogP contribution in [0.5, 0.6) is 0 Å². The molecule has 0 radical (unpaired) electrons. The van der Waals surface area contributed by atoms with Crippen LogP contribution < -0.4 is 5.32 Å². The van der Waals surface area contributed by atoms with Gasteiger partial charge in [-0.25, -0.2) is 0 Å². The standard InChI is InChI=1S/C14H28N2O2/c1-5-14(3,4)15-13(18)11(2)16-8-6-7-12(9-16)10-17/h11-12,17H,5-10H2,1-4H3,(H,15,18). The molecule has 1 amide bonds. The Kier molecular flexibility index (Phi) is 5.60. The molecular formula is C14H28N2O2. The van der Waals surface area contributed by atoms with Gasteiger partial charge in [-0.15, -0.1) is 0 Å². The van der Waals surface area contributed by atoms with Crippen LogP contribution in [-0.2, 0) is 4.79 Å². The van der Waals surface area contributed by atoms with Crippen molar-refractivity contribution in [1.82, 2.24) is 10.2 Å². The number of hydrogen-bond donors (Lipinski definition) is 2. The molecule has 1 fully saturated rings. The average molecular weight is 256 g/mol. The Morgan fingerprint density at radius 2 is 2.22 bits per heavy atom. The van der Waals surface area contributed by atoms with Gasteiger partial charge in [-0.2, -0.15) is 0 Å². The average Bonchev–Trinajstić information content (AvgIpc) is 2.37. The first kappa shape index (κ1) is 15.4. The maximum Gasteiger partial charge on any atom is 0.237 e. The molecule has 106 valence electrons. The summed E-state index contributed by atoms with van der Waals surface area (Å²) in [5, 5.41) is 12.3. The molecule has 4 heteroatoms. The minimum absolute atomic E-state index is 0.0976. The smallest absolute Gasteiger partial charge is 0.237 e. The highest BCUT2D eigenvalue weighted by molar-refractivity contribution is 5.82. The summed E-state index contributed by atoms with van der Waals surface area (Å²) in [5.41, 5.74) is -0.141. The Morgan fingerprint density at radius 1 is 1.56 bits per heavy atom. The molecular weight excluding hydrogens is 228 g/mol. The number of aliphatic hydroxyl groups is 1. The maximum atomic E-state index is 12.2. The van der Waals surface area contributed by atoms with Crippen molar-refractivity contribution in [2.45, 2.75) is 58.5 Å². The minimum atomic E-state index is -0.141. The van der Waals surface area contributed by atoms with Crippen LogP contribution in [-0.4, -0.2) is 47.2 Å². The van der Waals surface area contributed by atoms with Gasteiger partial charge in [0.2, 0.25) is 5.91 Å². The molecule has 1 aliphatic heterocycles. The molecule has 2 unspecified atom stereocenters. The van der Waals surface area contributed by atoms with E-state index in [1.54, 1.807) is 0 Å². The van der Waals surface area contributed by atoms with Crippen molar-refractivity contribution in [2.75, 3.05) is 19.7 Å². The monoisotopic (exact) mass is 256 g/mol. The lowest BCUT2D eigenvalue weighted by molar-refractivity contribution is -0.128. The van der Waals surface area contributed by atoms with Crippen molar-refractivity contribution >= 4 is 5.91 Å². The van der Waals surface area contributed by atoms with Crippen molar-refractivity contribution in [3.05, 3.63) is 0 Å². The molecule has 0 aromatic rings. The summed E-state index contributed by atoms with van der Waals surface area (Å²) in [4.78, 5) is 14.4. The van der Waals surface area contributed by atoms with Crippen LogP contribution in [0.25, 0.3) is 0 Å². The number of rotatable bonds is 5. The van der Waals surface area contributed by atoms with Gasteiger partial charge >= 0.3 is 0 Å². The number of piperidine rings is 1. The van der Waals surface area contributed by atoms with Crippen molar-refractivity contribution in [2.24, 2.45) is 5.92 Å². The van der Waals surface area contributed by atoms with Crippen molar-refractivity contribution < 1.29 is 9.90 Å². The highest BCUT2D eigenvalue weighted by Crippen LogP contribution is 2.18. The predicted octanol–water partition coefficient (Wildman–Crippen LogP) is 1.38. The van der Waals surface area contributed by atoms with E-state index in [9.17, 15) is 9.90 Å². The lowest BCUT2D eigenvalue weighted by atomic mass is 9.97. The summed E-state index contributed by atoms with van der Waals surface area (Å²) in [6.07, 6.45) is 3.06. The molecule has 18 heavy (non-hydrogen) atoms. The Bertz CT molecular complexity index is 279. The first-order valence-electron chi connectivity index (χ1n) is 7.06. The molecule has 0 aliphatic carbocycles. The third-order valence-electron chi connectivity index (χ3n) is 4.08. The summed E-state index contributed by atoms with van der Waals surface area (Å²) in [6.45, 7) is 10.1. The molecule has 2 atom stereocenters. The SMILES string of the molecule is CCC(C)(C)NC(=O)C(C)N1CCCC(CO)C1. The molecule has 0 aromatic carbocycles. The van der Waals surface area contributed by atoms with E-state index in [0.29, 0.717) is 5.92 Å². The van der Waals surface area contributed by atoms with E-state index in [-0.39, 0.29) is 24.1 Å². The van der Waals surface area contributed by atoms with Gasteiger partial charge in [0.1, 0.15) is 0 Å². The van der Waals surface area contributed by atoms with Gasteiger partial charge in [-0.1, -0.05) is 6.92 Å². The fraction of sp³-hybridized carbons (Fsp3) is 0.929. The van der Waals surface area contributed by atoms with Crippen LogP contribution in [0.2, 0.25) is 0 Å². The zero-order valence-electron chi connectivity index (χ0n) is 12.2. The zero-order chi connectivity index (χ0) is 13.8. The lowest BCUT2D eigenvalue weighted by Crippen LogP contribution is -2.54.